The molecule has 4 aromatic rings. The summed E-state index contributed by atoms with van der Waals surface area (Å²) < 4.78 is 20.9. The van der Waals surface area contributed by atoms with Gasteiger partial charge >= 0.3 is 0 Å². The van der Waals surface area contributed by atoms with E-state index in [1.165, 1.54) is 17.8 Å². The second kappa shape index (κ2) is 15.2. The number of hydrogen-bond donors (Lipinski definition) is 0. The molecule has 0 spiro atoms. The number of ether oxygens (including phenoxy) is 3. The Balaban J connectivity index is 0.914. The first-order valence-corrected chi connectivity index (χ1v) is 18.6. The van der Waals surface area contributed by atoms with Crippen LogP contribution in [0.5, 0.6) is 5.75 Å². The molecule has 3 fully saturated rings. The molecule has 7 rings (SSSR count). The lowest BCUT2D eigenvalue weighted by atomic mass is 10.1. The van der Waals surface area contributed by atoms with Gasteiger partial charge in [0, 0.05) is 78.9 Å². The Morgan fingerprint density at radius 3 is 2.33 bits per heavy atom. The van der Waals surface area contributed by atoms with E-state index in [2.05, 4.69) is 69.9 Å². The van der Waals surface area contributed by atoms with Crippen molar-refractivity contribution in [2.45, 2.75) is 44.7 Å². The van der Waals surface area contributed by atoms with E-state index >= 15 is 0 Å². The highest BCUT2D eigenvalue weighted by Gasteiger charge is 2.45. The Hall–Kier alpha value is -3.41. The maximum atomic E-state index is 6.61. The van der Waals surface area contributed by atoms with Crippen molar-refractivity contribution in [2.24, 2.45) is 4.99 Å². The lowest BCUT2D eigenvalue weighted by Crippen LogP contribution is -2.46. The molecule has 12 heteroatoms. The SMILES string of the molecule is CC(C)N1CCCSC1=Nc1ccc(N2CCN(c3ccc(OCC4COC(Cn5ccnc5)(c5ccc(Cl)cc5Cl)O4)cc3)CC2)cc1. The minimum atomic E-state index is -1.08. The molecule has 258 valence electrons. The van der Waals surface area contributed by atoms with Crippen LogP contribution in [-0.4, -0.2) is 83.5 Å². The fourth-order valence-corrected chi connectivity index (χ4v) is 8.19. The van der Waals surface area contributed by atoms with E-state index in [4.69, 9.17) is 42.4 Å². The van der Waals surface area contributed by atoms with Gasteiger partial charge in [-0.1, -0.05) is 41.0 Å². The van der Waals surface area contributed by atoms with Crippen LogP contribution >= 0.6 is 35.0 Å². The monoisotopic (exact) mass is 720 g/mol. The van der Waals surface area contributed by atoms with Crippen LogP contribution in [0.2, 0.25) is 10.0 Å². The smallest absolute Gasteiger partial charge is 0.215 e. The minimum Gasteiger partial charge on any atom is -0.491 e. The van der Waals surface area contributed by atoms with Gasteiger partial charge in [-0.25, -0.2) is 9.98 Å². The molecule has 9 nitrogen and oxygen atoms in total. The first kappa shape index (κ1) is 34.1. The van der Waals surface area contributed by atoms with Gasteiger partial charge < -0.3 is 33.5 Å². The number of thioether (sulfide) groups is 1. The number of aliphatic imine (C=N–C) groups is 1. The minimum absolute atomic E-state index is 0.287. The summed E-state index contributed by atoms with van der Waals surface area (Å²) in [5.41, 5.74) is 4.18. The van der Waals surface area contributed by atoms with Gasteiger partial charge in [0.2, 0.25) is 5.79 Å². The van der Waals surface area contributed by atoms with Crippen LogP contribution < -0.4 is 14.5 Å². The first-order valence-electron chi connectivity index (χ1n) is 16.9. The highest BCUT2D eigenvalue weighted by molar-refractivity contribution is 8.13. The number of anilines is 2. The molecule has 0 bridgehead atoms. The largest absolute Gasteiger partial charge is 0.491 e. The summed E-state index contributed by atoms with van der Waals surface area (Å²) in [5, 5.41) is 2.18. The number of imidazole rings is 1. The molecule has 0 aliphatic carbocycles. The molecule has 49 heavy (non-hydrogen) atoms. The topological polar surface area (TPSA) is 67.6 Å². The van der Waals surface area contributed by atoms with E-state index < -0.39 is 5.79 Å². The normalized spacial score (nSPS) is 22.3. The summed E-state index contributed by atoms with van der Waals surface area (Å²) in [5.74, 6) is 0.846. The van der Waals surface area contributed by atoms with Crippen LogP contribution in [0.4, 0.5) is 17.1 Å². The molecule has 2 unspecified atom stereocenters. The molecule has 1 aromatic heterocycles. The van der Waals surface area contributed by atoms with Crippen molar-refractivity contribution in [3.63, 3.8) is 0 Å². The lowest BCUT2D eigenvalue weighted by molar-refractivity contribution is -0.189. The number of piperazine rings is 1. The van der Waals surface area contributed by atoms with Gasteiger partial charge in [0.25, 0.3) is 0 Å². The fourth-order valence-electron chi connectivity index (χ4n) is 6.54. The average Bonchev–Trinajstić information content (AvgIpc) is 3.79. The quantitative estimate of drug-likeness (QED) is 0.165. The second-order valence-corrected chi connectivity index (χ2v) is 14.7. The molecule has 3 aliphatic rings. The summed E-state index contributed by atoms with van der Waals surface area (Å²) in [6, 6.07) is 22.8. The number of benzene rings is 3. The highest BCUT2D eigenvalue weighted by atomic mass is 35.5. The van der Waals surface area contributed by atoms with E-state index in [-0.39, 0.29) is 6.10 Å². The Kier molecular flexibility index (Phi) is 10.6. The van der Waals surface area contributed by atoms with Gasteiger partial charge in [-0.2, -0.15) is 0 Å². The van der Waals surface area contributed by atoms with E-state index in [0.29, 0.717) is 35.8 Å². The van der Waals surface area contributed by atoms with Crippen molar-refractivity contribution in [1.29, 1.82) is 0 Å². The van der Waals surface area contributed by atoms with Crippen molar-refractivity contribution in [1.82, 2.24) is 14.5 Å². The van der Waals surface area contributed by atoms with Crippen LogP contribution in [0.15, 0.2) is 90.4 Å². The maximum absolute atomic E-state index is 6.61. The highest BCUT2D eigenvalue weighted by Crippen LogP contribution is 2.40. The van der Waals surface area contributed by atoms with E-state index in [0.717, 1.165) is 60.6 Å². The van der Waals surface area contributed by atoms with Crippen molar-refractivity contribution in [2.75, 3.05) is 61.5 Å². The Morgan fingerprint density at radius 2 is 1.67 bits per heavy atom. The summed E-state index contributed by atoms with van der Waals surface area (Å²) >= 11 is 14.7. The molecular formula is C37H42Cl2N6O3S. The predicted molar refractivity (Wildman–Crippen MR) is 200 cm³/mol. The van der Waals surface area contributed by atoms with Crippen LogP contribution in [0.3, 0.4) is 0 Å². The number of rotatable bonds is 10. The summed E-state index contributed by atoms with van der Waals surface area (Å²) in [6.45, 7) is 10.5. The number of aromatic nitrogens is 2. The molecule has 3 saturated heterocycles. The molecule has 3 aliphatic heterocycles. The molecule has 0 radical (unpaired) electrons. The van der Waals surface area contributed by atoms with Gasteiger partial charge in [-0.05, 0) is 80.9 Å². The van der Waals surface area contributed by atoms with Crippen LogP contribution in [0, 0.1) is 0 Å². The summed E-state index contributed by atoms with van der Waals surface area (Å²) in [6.07, 6.45) is 6.25. The third kappa shape index (κ3) is 7.99. The van der Waals surface area contributed by atoms with Crippen molar-refractivity contribution < 1.29 is 14.2 Å². The fraction of sp³-hybridized carbons (Fsp3) is 0.405. The number of amidine groups is 1. The Labute approximate surface area is 302 Å². The average molecular weight is 722 g/mol. The maximum Gasteiger partial charge on any atom is 0.215 e. The standard InChI is InChI=1S/C37H42Cl2N6O3S/c1-27(2)45-15-3-21-49-36(45)41-29-5-7-30(8-6-29)43-17-19-44(20-18-43)31-9-11-32(12-10-31)46-23-33-24-47-37(48-33,25-42-16-14-40-26-42)34-13-4-28(38)22-35(34)39/h4-14,16,22,26-27,33H,3,15,17-21,23-25H2,1-2H3. The number of halogens is 2. The summed E-state index contributed by atoms with van der Waals surface area (Å²) in [7, 11) is 0. The van der Waals surface area contributed by atoms with Crippen LogP contribution in [-0.2, 0) is 21.8 Å². The first-order chi connectivity index (χ1) is 23.8. The van der Waals surface area contributed by atoms with E-state index in [1.54, 1.807) is 24.7 Å². The molecule has 3 aromatic carbocycles. The zero-order chi connectivity index (χ0) is 33.8. The van der Waals surface area contributed by atoms with Gasteiger partial charge in [0.05, 0.1) is 30.2 Å². The van der Waals surface area contributed by atoms with Gasteiger partial charge in [0.1, 0.15) is 18.5 Å². The molecule has 2 atom stereocenters. The molecule has 4 heterocycles. The van der Waals surface area contributed by atoms with Gasteiger partial charge in [-0.15, -0.1) is 0 Å². The third-order valence-electron chi connectivity index (χ3n) is 9.15. The molecule has 0 amide bonds. The van der Waals surface area contributed by atoms with Crippen molar-refractivity contribution in [3.8, 4) is 5.75 Å². The number of hydrogen-bond acceptors (Lipinski definition) is 8. The third-order valence-corrected chi connectivity index (χ3v) is 10.8. The molecule has 0 N–H and O–H groups in total. The summed E-state index contributed by atoms with van der Waals surface area (Å²) in [4.78, 5) is 16.4. The zero-order valence-electron chi connectivity index (χ0n) is 27.9. The number of nitrogens with zero attached hydrogens (tertiary/aromatic N) is 6. The molecule has 0 saturated carbocycles. The Bertz CT molecular complexity index is 1720. The van der Waals surface area contributed by atoms with Gasteiger partial charge in [-0.3, -0.25) is 0 Å². The van der Waals surface area contributed by atoms with Crippen LogP contribution in [0.1, 0.15) is 25.8 Å². The second-order valence-electron chi connectivity index (χ2n) is 12.8. The van der Waals surface area contributed by atoms with E-state index in [1.807, 2.05) is 40.7 Å². The lowest BCUT2D eigenvalue weighted by Gasteiger charge is -2.37. The predicted octanol–water partition coefficient (Wildman–Crippen LogP) is 7.70. The Morgan fingerprint density at radius 1 is 0.959 bits per heavy atom. The van der Waals surface area contributed by atoms with Crippen LogP contribution in [0.25, 0.3) is 0 Å². The van der Waals surface area contributed by atoms with E-state index in [9.17, 15) is 0 Å². The van der Waals surface area contributed by atoms with Gasteiger partial charge in [0.15, 0.2) is 5.17 Å². The van der Waals surface area contributed by atoms with Crippen molar-refractivity contribution in [3.05, 3.63) is 101 Å². The molecular weight excluding hydrogens is 679 g/mol. The van der Waals surface area contributed by atoms with Crippen molar-refractivity contribution >= 4 is 57.2 Å². The zero-order valence-corrected chi connectivity index (χ0v) is 30.2.